The van der Waals surface area contributed by atoms with Gasteiger partial charge in [0.1, 0.15) is 5.78 Å². The highest BCUT2D eigenvalue weighted by atomic mass is 79.9. The molecule has 2 rings (SSSR count). The molecule has 0 spiro atoms. The number of Topliss-reactive ketones (excluding diaryl/α,β-unsaturated/α-hetero) is 1. The summed E-state index contributed by atoms with van der Waals surface area (Å²) in [4.78, 5) is 12.0. The van der Waals surface area contributed by atoms with Crippen LogP contribution in [0.1, 0.15) is 23.1 Å². The zero-order chi connectivity index (χ0) is 13.7. The summed E-state index contributed by atoms with van der Waals surface area (Å²) >= 11 is 3.48. The van der Waals surface area contributed by atoms with Crippen molar-refractivity contribution in [2.45, 2.75) is 26.2 Å². The van der Waals surface area contributed by atoms with Gasteiger partial charge in [-0.1, -0.05) is 58.4 Å². The number of benzene rings is 2. The van der Waals surface area contributed by atoms with Crippen molar-refractivity contribution in [2.24, 2.45) is 0 Å². The van der Waals surface area contributed by atoms with Crippen LogP contribution in [0.3, 0.4) is 0 Å². The van der Waals surface area contributed by atoms with Crippen LogP contribution in [0.25, 0.3) is 0 Å². The van der Waals surface area contributed by atoms with Gasteiger partial charge in [0, 0.05) is 17.3 Å². The van der Waals surface area contributed by atoms with Gasteiger partial charge < -0.3 is 0 Å². The quantitative estimate of drug-likeness (QED) is 0.793. The van der Waals surface area contributed by atoms with E-state index in [-0.39, 0.29) is 5.78 Å². The highest BCUT2D eigenvalue weighted by molar-refractivity contribution is 9.10. The maximum Gasteiger partial charge on any atom is 0.137 e. The number of carbonyl (C=O) groups is 1. The Bertz CT molecular complexity index is 575. The second kappa shape index (κ2) is 6.67. The molecule has 0 radical (unpaired) electrons. The second-order valence-corrected chi connectivity index (χ2v) is 5.59. The van der Waals surface area contributed by atoms with E-state index in [1.165, 1.54) is 11.1 Å². The number of halogens is 1. The lowest BCUT2D eigenvalue weighted by Gasteiger charge is -2.06. The second-order valence-electron chi connectivity index (χ2n) is 4.73. The Labute approximate surface area is 122 Å². The van der Waals surface area contributed by atoms with Gasteiger partial charge in [-0.2, -0.15) is 0 Å². The zero-order valence-corrected chi connectivity index (χ0v) is 12.6. The van der Waals surface area contributed by atoms with Crippen LogP contribution in [0.15, 0.2) is 53.0 Å². The fraction of sp³-hybridized carbons (Fsp3) is 0.235. The molecular formula is C17H17BrO. The summed E-state index contributed by atoms with van der Waals surface area (Å²) in [6, 6.07) is 16.1. The van der Waals surface area contributed by atoms with Crippen LogP contribution in [-0.2, 0) is 17.6 Å². The van der Waals surface area contributed by atoms with E-state index in [9.17, 15) is 4.79 Å². The SMILES string of the molecule is Cc1ccccc1CCC(=O)Cc1ccccc1Br. The highest BCUT2D eigenvalue weighted by Crippen LogP contribution is 2.17. The minimum atomic E-state index is 0.287. The van der Waals surface area contributed by atoms with Crippen molar-refractivity contribution in [3.8, 4) is 0 Å². The van der Waals surface area contributed by atoms with Crippen LogP contribution in [0.4, 0.5) is 0 Å². The molecule has 0 aliphatic heterocycles. The van der Waals surface area contributed by atoms with E-state index in [2.05, 4.69) is 35.0 Å². The first-order valence-electron chi connectivity index (χ1n) is 6.46. The van der Waals surface area contributed by atoms with E-state index < -0.39 is 0 Å². The Balaban J connectivity index is 1.92. The molecule has 2 aromatic rings. The van der Waals surface area contributed by atoms with Gasteiger partial charge in [0.05, 0.1) is 0 Å². The number of ketones is 1. The minimum absolute atomic E-state index is 0.287. The van der Waals surface area contributed by atoms with Crippen molar-refractivity contribution in [3.05, 3.63) is 69.7 Å². The molecule has 0 saturated carbocycles. The Kier molecular flexibility index (Phi) is 4.92. The molecule has 1 nitrogen and oxygen atoms in total. The van der Waals surface area contributed by atoms with Crippen molar-refractivity contribution in [2.75, 3.05) is 0 Å². The van der Waals surface area contributed by atoms with E-state index in [1.54, 1.807) is 0 Å². The fourth-order valence-corrected chi connectivity index (χ4v) is 2.53. The third-order valence-corrected chi connectivity index (χ3v) is 4.05. The maximum absolute atomic E-state index is 12.0. The number of carbonyl (C=O) groups excluding carboxylic acids is 1. The first-order valence-corrected chi connectivity index (χ1v) is 7.26. The average molecular weight is 317 g/mol. The van der Waals surface area contributed by atoms with E-state index in [0.29, 0.717) is 12.8 Å². The third-order valence-electron chi connectivity index (χ3n) is 3.28. The lowest BCUT2D eigenvalue weighted by molar-refractivity contribution is -0.118. The van der Waals surface area contributed by atoms with Crippen molar-refractivity contribution in [1.29, 1.82) is 0 Å². The van der Waals surface area contributed by atoms with Crippen LogP contribution in [0, 0.1) is 6.92 Å². The van der Waals surface area contributed by atoms with Gasteiger partial charge in [0.15, 0.2) is 0 Å². The number of aryl methyl sites for hydroxylation is 2. The fourth-order valence-electron chi connectivity index (χ4n) is 2.11. The summed E-state index contributed by atoms with van der Waals surface area (Å²) in [5.41, 5.74) is 3.59. The number of hydrogen-bond donors (Lipinski definition) is 0. The molecule has 0 saturated heterocycles. The molecule has 0 N–H and O–H groups in total. The van der Waals surface area contributed by atoms with Gasteiger partial charge in [-0.3, -0.25) is 4.79 Å². The lowest BCUT2D eigenvalue weighted by Crippen LogP contribution is -2.05. The normalized spacial score (nSPS) is 10.4. The van der Waals surface area contributed by atoms with E-state index >= 15 is 0 Å². The van der Waals surface area contributed by atoms with Crippen LogP contribution >= 0.6 is 15.9 Å². The molecule has 0 aliphatic carbocycles. The molecule has 0 atom stereocenters. The molecule has 0 aliphatic rings. The standard InChI is InChI=1S/C17H17BrO/c1-13-6-2-3-7-14(13)10-11-16(19)12-15-8-4-5-9-17(15)18/h2-9H,10-12H2,1H3. The molecule has 0 heterocycles. The van der Waals surface area contributed by atoms with Crippen molar-refractivity contribution in [3.63, 3.8) is 0 Å². The van der Waals surface area contributed by atoms with Crippen LogP contribution in [0.2, 0.25) is 0 Å². The Morgan fingerprint density at radius 2 is 1.63 bits per heavy atom. The summed E-state index contributed by atoms with van der Waals surface area (Å²) in [6.07, 6.45) is 1.94. The molecule has 98 valence electrons. The first-order chi connectivity index (χ1) is 9.16. The summed E-state index contributed by atoms with van der Waals surface area (Å²) in [7, 11) is 0. The van der Waals surface area contributed by atoms with Gasteiger partial charge in [-0.15, -0.1) is 0 Å². The summed E-state index contributed by atoms with van der Waals surface area (Å²) < 4.78 is 1.01. The monoisotopic (exact) mass is 316 g/mol. The van der Waals surface area contributed by atoms with E-state index in [4.69, 9.17) is 0 Å². The molecule has 0 amide bonds. The number of rotatable bonds is 5. The van der Waals surface area contributed by atoms with Crippen LogP contribution < -0.4 is 0 Å². The van der Waals surface area contributed by atoms with Crippen molar-refractivity contribution < 1.29 is 4.79 Å². The summed E-state index contributed by atoms with van der Waals surface area (Å²) in [5, 5.41) is 0. The predicted molar refractivity (Wildman–Crippen MR) is 82.4 cm³/mol. The van der Waals surface area contributed by atoms with E-state index in [1.807, 2.05) is 36.4 Å². The van der Waals surface area contributed by atoms with Crippen molar-refractivity contribution >= 4 is 21.7 Å². The van der Waals surface area contributed by atoms with Gasteiger partial charge in [0.25, 0.3) is 0 Å². The molecule has 0 aromatic heterocycles. The predicted octanol–water partition coefficient (Wildman–Crippen LogP) is 4.50. The molecule has 0 unspecified atom stereocenters. The molecule has 0 fully saturated rings. The molecule has 19 heavy (non-hydrogen) atoms. The van der Waals surface area contributed by atoms with Gasteiger partial charge in [0.2, 0.25) is 0 Å². The lowest BCUT2D eigenvalue weighted by atomic mass is 10.00. The molecular weight excluding hydrogens is 300 g/mol. The van der Waals surface area contributed by atoms with Crippen LogP contribution in [0.5, 0.6) is 0 Å². The molecule has 2 heteroatoms. The Hall–Kier alpha value is -1.41. The van der Waals surface area contributed by atoms with Gasteiger partial charge in [-0.25, -0.2) is 0 Å². The largest absolute Gasteiger partial charge is 0.299 e. The van der Waals surface area contributed by atoms with E-state index in [0.717, 1.165) is 16.5 Å². The molecule has 2 aromatic carbocycles. The first kappa shape index (κ1) is 14.0. The van der Waals surface area contributed by atoms with Gasteiger partial charge in [-0.05, 0) is 36.1 Å². The highest BCUT2D eigenvalue weighted by Gasteiger charge is 2.07. The van der Waals surface area contributed by atoms with Gasteiger partial charge >= 0.3 is 0 Å². The molecule has 0 bridgehead atoms. The summed E-state index contributed by atoms with van der Waals surface area (Å²) in [6.45, 7) is 2.09. The zero-order valence-electron chi connectivity index (χ0n) is 11.0. The summed E-state index contributed by atoms with van der Waals surface area (Å²) in [5.74, 6) is 0.287. The number of hydrogen-bond acceptors (Lipinski definition) is 1. The maximum atomic E-state index is 12.0. The topological polar surface area (TPSA) is 17.1 Å². The van der Waals surface area contributed by atoms with Crippen LogP contribution in [-0.4, -0.2) is 5.78 Å². The Morgan fingerprint density at radius 1 is 1.00 bits per heavy atom. The third kappa shape index (κ3) is 4.03. The Morgan fingerprint density at radius 3 is 2.32 bits per heavy atom. The average Bonchev–Trinajstić information content (AvgIpc) is 2.40. The smallest absolute Gasteiger partial charge is 0.137 e. The van der Waals surface area contributed by atoms with Crippen molar-refractivity contribution in [1.82, 2.24) is 0 Å². The minimum Gasteiger partial charge on any atom is -0.299 e.